The number of rotatable bonds is 2. The highest BCUT2D eigenvalue weighted by Crippen LogP contribution is 2.13. The number of ketones is 2. The third-order valence-corrected chi connectivity index (χ3v) is 2.07. The molecule has 0 spiro atoms. The van der Waals surface area contributed by atoms with E-state index in [9.17, 15) is 9.59 Å². The molecule has 0 N–H and O–H groups in total. The Morgan fingerprint density at radius 1 is 1.00 bits per heavy atom. The summed E-state index contributed by atoms with van der Waals surface area (Å²) in [5, 5.41) is 0. The van der Waals surface area contributed by atoms with Crippen molar-refractivity contribution in [3.8, 4) is 0 Å². The molecular weight excluding hydrogens is 178 g/mol. The van der Waals surface area contributed by atoms with Crippen molar-refractivity contribution >= 4 is 11.6 Å². The first kappa shape index (κ1) is 10.6. The van der Waals surface area contributed by atoms with Crippen LogP contribution < -0.4 is 0 Å². The van der Waals surface area contributed by atoms with Crippen LogP contribution in [0.1, 0.15) is 46.0 Å². The molecule has 0 fully saturated rings. The number of pyridine rings is 1. The third kappa shape index (κ3) is 1.87. The molecule has 0 atom stereocenters. The quantitative estimate of drug-likeness (QED) is 0.672. The molecule has 0 bridgehead atoms. The monoisotopic (exact) mass is 191 g/mol. The summed E-state index contributed by atoms with van der Waals surface area (Å²) >= 11 is 0. The minimum Gasteiger partial charge on any atom is -0.293 e. The highest BCUT2D eigenvalue weighted by atomic mass is 16.1. The van der Waals surface area contributed by atoms with E-state index in [1.165, 1.54) is 13.8 Å². The van der Waals surface area contributed by atoms with E-state index < -0.39 is 0 Å². The van der Waals surface area contributed by atoms with Gasteiger partial charge in [-0.1, -0.05) is 6.07 Å². The Hall–Kier alpha value is -1.51. The molecule has 0 unspecified atom stereocenters. The van der Waals surface area contributed by atoms with Crippen LogP contribution >= 0.6 is 0 Å². The van der Waals surface area contributed by atoms with Gasteiger partial charge in [0.2, 0.25) is 0 Å². The zero-order valence-corrected chi connectivity index (χ0v) is 8.84. The van der Waals surface area contributed by atoms with Crippen LogP contribution in [0.4, 0.5) is 0 Å². The fourth-order valence-electron chi connectivity index (χ4n) is 1.46. The zero-order chi connectivity index (χ0) is 10.9. The van der Waals surface area contributed by atoms with Crippen LogP contribution in [-0.2, 0) is 0 Å². The second kappa shape index (κ2) is 3.70. The molecule has 0 radical (unpaired) electrons. The van der Waals surface area contributed by atoms with E-state index in [1.807, 2.05) is 19.9 Å². The molecule has 0 aromatic carbocycles. The lowest BCUT2D eigenvalue weighted by atomic mass is 10.1. The smallest absolute Gasteiger partial charge is 0.178 e. The van der Waals surface area contributed by atoms with E-state index in [-0.39, 0.29) is 11.6 Å². The number of carbonyl (C=O) groups excluding carboxylic acids is 2. The standard InChI is InChI=1S/C11H13NO2/c1-6-5-7(2)11(9(4)14)12-10(6)8(3)13/h5H,1-4H3. The van der Waals surface area contributed by atoms with Gasteiger partial charge in [0.15, 0.2) is 11.6 Å². The molecule has 1 rings (SSSR count). The summed E-state index contributed by atoms with van der Waals surface area (Å²) in [7, 11) is 0. The number of aromatic nitrogens is 1. The minimum atomic E-state index is -0.106. The van der Waals surface area contributed by atoms with Crippen molar-refractivity contribution in [1.29, 1.82) is 0 Å². The number of nitrogens with zero attached hydrogens (tertiary/aromatic N) is 1. The van der Waals surface area contributed by atoms with Crippen molar-refractivity contribution < 1.29 is 9.59 Å². The Balaban J connectivity index is 3.42. The second-order valence-electron chi connectivity index (χ2n) is 3.43. The summed E-state index contributed by atoms with van der Waals surface area (Å²) in [6.07, 6.45) is 0. The van der Waals surface area contributed by atoms with E-state index >= 15 is 0 Å². The summed E-state index contributed by atoms with van der Waals surface area (Å²) < 4.78 is 0. The van der Waals surface area contributed by atoms with Crippen LogP contribution in [0, 0.1) is 13.8 Å². The fraction of sp³-hybridized carbons (Fsp3) is 0.364. The van der Waals surface area contributed by atoms with Crippen LogP contribution in [0.25, 0.3) is 0 Å². The predicted molar refractivity (Wildman–Crippen MR) is 53.7 cm³/mol. The molecule has 0 amide bonds. The molecule has 0 aliphatic heterocycles. The van der Waals surface area contributed by atoms with Gasteiger partial charge in [0.05, 0.1) is 0 Å². The summed E-state index contributed by atoms with van der Waals surface area (Å²) in [5.41, 5.74) is 2.42. The highest BCUT2D eigenvalue weighted by molar-refractivity contribution is 5.97. The van der Waals surface area contributed by atoms with Crippen molar-refractivity contribution in [2.75, 3.05) is 0 Å². The largest absolute Gasteiger partial charge is 0.293 e. The summed E-state index contributed by atoms with van der Waals surface area (Å²) in [5.74, 6) is -0.213. The van der Waals surface area contributed by atoms with Crippen LogP contribution in [0.15, 0.2) is 6.07 Å². The highest BCUT2D eigenvalue weighted by Gasteiger charge is 2.12. The van der Waals surface area contributed by atoms with Crippen LogP contribution in [0.3, 0.4) is 0 Å². The van der Waals surface area contributed by atoms with E-state index in [4.69, 9.17) is 0 Å². The second-order valence-corrected chi connectivity index (χ2v) is 3.43. The van der Waals surface area contributed by atoms with Crippen LogP contribution in [0.5, 0.6) is 0 Å². The Kier molecular flexibility index (Phi) is 2.79. The van der Waals surface area contributed by atoms with Gasteiger partial charge in [0, 0.05) is 13.8 Å². The third-order valence-electron chi connectivity index (χ3n) is 2.07. The maximum absolute atomic E-state index is 11.2. The molecule has 14 heavy (non-hydrogen) atoms. The van der Waals surface area contributed by atoms with E-state index in [1.54, 1.807) is 0 Å². The van der Waals surface area contributed by atoms with Gasteiger partial charge in [-0.05, 0) is 25.0 Å². The van der Waals surface area contributed by atoms with Crippen molar-refractivity contribution in [3.05, 3.63) is 28.6 Å². The van der Waals surface area contributed by atoms with E-state index in [0.717, 1.165) is 11.1 Å². The Morgan fingerprint density at radius 2 is 1.36 bits per heavy atom. The number of aryl methyl sites for hydroxylation is 2. The fourth-order valence-corrected chi connectivity index (χ4v) is 1.46. The first-order valence-corrected chi connectivity index (χ1v) is 4.43. The molecule has 1 aromatic rings. The van der Waals surface area contributed by atoms with E-state index in [2.05, 4.69) is 4.98 Å². The van der Waals surface area contributed by atoms with Gasteiger partial charge in [-0.15, -0.1) is 0 Å². The number of carbonyl (C=O) groups is 2. The Morgan fingerprint density at radius 3 is 1.64 bits per heavy atom. The van der Waals surface area contributed by atoms with Crippen molar-refractivity contribution in [3.63, 3.8) is 0 Å². The lowest BCUT2D eigenvalue weighted by Crippen LogP contribution is -2.08. The molecule has 0 saturated heterocycles. The molecule has 3 heteroatoms. The summed E-state index contributed by atoms with van der Waals surface area (Å²) in [6.45, 7) is 6.55. The average molecular weight is 191 g/mol. The van der Waals surface area contributed by atoms with Crippen molar-refractivity contribution in [1.82, 2.24) is 4.98 Å². The first-order valence-electron chi connectivity index (χ1n) is 4.43. The maximum atomic E-state index is 11.2. The molecule has 0 saturated carbocycles. The number of Topliss-reactive ketones (excluding diaryl/α,β-unsaturated/α-hetero) is 2. The van der Waals surface area contributed by atoms with Crippen molar-refractivity contribution in [2.24, 2.45) is 0 Å². The van der Waals surface area contributed by atoms with Gasteiger partial charge < -0.3 is 0 Å². The molecule has 0 aliphatic carbocycles. The number of hydrogen-bond donors (Lipinski definition) is 0. The van der Waals surface area contributed by atoms with Gasteiger partial charge >= 0.3 is 0 Å². The SMILES string of the molecule is CC(=O)c1nc(C(C)=O)c(C)cc1C. The average Bonchev–Trinajstić information content (AvgIpc) is 2.02. The van der Waals surface area contributed by atoms with E-state index in [0.29, 0.717) is 11.4 Å². The first-order chi connectivity index (χ1) is 6.43. The van der Waals surface area contributed by atoms with Gasteiger partial charge in [-0.2, -0.15) is 0 Å². The molecular formula is C11H13NO2. The molecule has 74 valence electrons. The van der Waals surface area contributed by atoms with Gasteiger partial charge in [0.1, 0.15) is 11.4 Å². The molecule has 1 heterocycles. The van der Waals surface area contributed by atoms with Gasteiger partial charge in [-0.25, -0.2) is 4.98 Å². The predicted octanol–water partition coefficient (Wildman–Crippen LogP) is 2.10. The van der Waals surface area contributed by atoms with Gasteiger partial charge in [-0.3, -0.25) is 9.59 Å². The lowest BCUT2D eigenvalue weighted by molar-refractivity contribution is 0.100. The Labute approximate surface area is 83.2 Å². The molecule has 3 nitrogen and oxygen atoms in total. The van der Waals surface area contributed by atoms with Crippen molar-refractivity contribution in [2.45, 2.75) is 27.7 Å². The zero-order valence-electron chi connectivity index (χ0n) is 8.84. The Bertz CT molecular complexity index is 373. The summed E-state index contributed by atoms with van der Waals surface area (Å²) in [6, 6.07) is 1.82. The number of hydrogen-bond acceptors (Lipinski definition) is 3. The maximum Gasteiger partial charge on any atom is 0.178 e. The topological polar surface area (TPSA) is 47.0 Å². The van der Waals surface area contributed by atoms with Crippen LogP contribution in [-0.4, -0.2) is 16.6 Å². The molecule has 0 aliphatic rings. The molecule has 1 aromatic heterocycles. The minimum absolute atomic E-state index is 0.106. The lowest BCUT2D eigenvalue weighted by Gasteiger charge is -2.06. The van der Waals surface area contributed by atoms with Crippen LogP contribution in [0.2, 0.25) is 0 Å². The summed E-state index contributed by atoms with van der Waals surface area (Å²) in [4.78, 5) is 26.4. The van der Waals surface area contributed by atoms with Gasteiger partial charge in [0.25, 0.3) is 0 Å². The normalized spacial score (nSPS) is 10.0.